The number of para-hydroxylation sites is 1. The average molecular weight is 412 g/mol. The molecular weight excluding hydrogens is 382 g/mol. The molecule has 0 aliphatic rings. The van der Waals surface area contributed by atoms with Gasteiger partial charge in [-0.2, -0.15) is 4.98 Å². The van der Waals surface area contributed by atoms with Crippen LogP contribution in [0.4, 0.5) is 0 Å². The van der Waals surface area contributed by atoms with Crippen LogP contribution >= 0.6 is 24.2 Å². The zero-order chi connectivity index (χ0) is 18.9. The molecule has 2 rings (SSSR count). The van der Waals surface area contributed by atoms with E-state index in [0.29, 0.717) is 17.1 Å². The molecule has 7 heteroatoms. The van der Waals surface area contributed by atoms with E-state index in [1.165, 1.54) is 11.8 Å². The highest BCUT2D eigenvalue weighted by atomic mass is 35.5. The second-order valence-electron chi connectivity index (χ2n) is 6.64. The monoisotopic (exact) mass is 411 g/mol. The molecule has 150 valence electrons. The standard InChI is InChI=1S/C20H29N3O2S.ClH/c1-4-5-6-10-13-17-18(24)21-20(26-15-14-22(2)3)23(19(17)25)16-11-8-7-9-12-16;/h7-9,11-12,24H,4-6,10,13-15H2,1-3H3;1H. The lowest BCUT2D eigenvalue weighted by molar-refractivity contribution is 0.428. The molecule has 0 atom stereocenters. The van der Waals surface area contributed by atoms with Crippen molar-refractivity contribution in [2.45, 2.75) is 44.2 Å². The number of unbranched alkanes of at least 4 members (excludes halogenated alkanes) is 3. The Bertz CT molecular complexity index is 751. The number of aromatic hydroxyl groups is 1. The van der Waals surface area contributed by atoms with E-state index in [0.717, 1.165) is 43.7 Å². The van der Waals surface area contributed by atoms with Gasteiger partial charge in [0.2, 0.25) is 5.88 Å². The van der Waals surface area contributed by atoms with Gasteiger partial charge in [0.05, 0.1) is 11.3 Å². The normalized spacial score (nSPS) is 10.8. The largest absolute Gasteiger partial charge is 0.493 e. The van der Waals surface area contributed by atoms with Crippen molar-refractivity contribution in [3.8, 4) is 11.6 Å². The van der Waals surface area contributed by atoms with Gasteiger partial charge >= 0.3 is 0 Å². The first kappa shape index (κ1) is 23.5. The van der Waals surface area contributed by atoms with Crippen molar-refractivity contribution < 1.29 is 5.11 Å². The minimum Gasteiger partial charge on any atom is -0.493 e. The molecule has 0 spiro atoms. The highest BCUT2D eigenvalue weighted by Gasteiger charge is 2.17. The molecule has 0 bridgehead atoms. The molecule has 0 aliphatic carbocycles. The molecule has 1 aromatic heterocycles. The fourth-order valence-electron chi connectivity index (χ4n) is 2.69. The number of nitrogens with zero attached hydrogens (tertiary/aromatic N) is 3. The third kappa shape index (κ3) is 6.87. The van der Waals surface area contributed by atoms with Gasteiger partial charge in [-0.25, -0.2) is 0 Å². The van der Waals surface area contributed by atoms with Crippen molar-refractivity contribution in [3.63, 3.8) is 0 Å². The maximum absolute atomic E-state index is 13.1. The molecule has 1 N–H and O–H groups in total. The topological polar surface area (TPSA) is 58.4 Å². The van der Waals surface area contributed by atoms with E-state index in [2.05, 4.69) is 16.8 Å². The van der Waals surface area contributed by atoms with Gasteiger partial charge in [0.1, 0.15) is 0 Å². The van der Waals surface area contributed by atoms with Crippen molar-refractivity contribution >= 4 is 24.2 Å². The summed E-state index contributed by atoms with van der Waals surface area (Å²) in [6, 6.07) is 9.54. The average Bonchev–Trinajstić information content (AvgIpc) is 2.61. The number of hydrogen-bond acceptors (Lipinski definition) is 5. The van der Waals surface area contributed by atoms with Crippen LogP contribution in [0, 0.1) is 0 Å². The van der Waals surface area contributed by atoms with E-state index in [1.807, 2.05) is 44.4 Å². The number of thioether (sulfide) groups is 1. The summed E-state index contributed by atoms with van der Waals surface area (Å²) in [4.78, 5) is 19.6. The molecule has 0 amide bonds. The summed E-state index contributed by atoms with van der Waals surface area (Å²) in [5.74, 6) is 0.674. The van der Waals surface area contributed by atoms with Crippen molar-refractivity contribution in [1.82, 2.24) is 14.5 Å². The van der Waals surface area contributed by atoms with Gasteiger partial charge in [0.15, 0.2) is 5.16 Å². The van der Waals surface area contributed by atoms with Crippen LogP contribution in [0.1, 0.15) is 38.2 Å². The number of aromatic nitrogens is 2. The second kappa shape index (κ2) is 12.1. The van der Waals surface area contributed by atoms with Crippen molar-refractivity contribution in [1.29, 1.82) is 0 Å². The molecule has 0 saturated heterocycles. The quantitative estimate of drug-likeness (QED) is 0.361. The molecular formula is C20H30ClN3O2S. The minimum absolute atomic E-state index is 0. The Balaban J connectivity index is 0.00000364. The molecule has 0 unspecified atom stereocenters. The maximum Gasteiger partial charge on any atom is 0.265 e. The Morgan fingerprint density at radius 1 is 1.15 bits per heavy atom. The number of rotatable bonds is 10. The SMILES string of the molecule is CCCCCCc1c(O)nc(SCCN(C)C)n(-c2ccccc2)c1=O.Cl. The third-order valence-electron chi connectivity index (χ3n) is 4.19. The predicted molar refractivity (Wildman–Crippen MR) is 116 cm³/mol. The molecule has 0 saturated carbocycles. The molecule has 2 aromatic rings. The van der Waals surface area contributed by atoms with E-state index in [9.17, 15) is 9.90 Å². The Labute approximate surface area is 172 Å². The van der Waals surface area contributed by atoms with Gasteiger partial charge in [-0.1, -0.05) is 56.1 Å². The lowest BCUT2D eigenvalue weighted by Crippen LogP contribution is -2.26. The van der Waals surface area contributed by atoms with Crippen LogP contribution in [0.15, 0.2) is 40.3 Å². The van der Waals surface area contributed by atoms with Crippen LogP contribution in [0.3, 0.4) is 0 Å². The van der Waals surface area contributed by atoms with E-state index in [1.54, 1.807) is 4.57 Å². The zero-order valence-electron chi connectivity index (χ0n) is 16.4. The van der Waals surface area contributed by atoms with Crippen molar-refractivity contribution in [3.05, 3.63) is 46.2 Å². The molecule has 0 aliphatic heterocycles. The summed E-state index contributed by atoms with van der Waals surface area (Å²) in [5, 5.41) is 10.9. The molecule has 0 fully saturated rings. The van der Waals surface area contributed by atoms with Crippen LogP contribution in [0.5, 0.6) is 5.88 Å². The van der Waals surface area contributed by atoms with E-state index in [4.69, 9.17) is 0 Å². The zero-order valence-corrected chi connectivity index (χ0v) is 18.0. The summed E-state index contributed by atoms with van der Waals surface area (Å²) in [7, 11) is 4.02. The van der Waals surface area contributed by atoms with Gasteiger partial charge in [-0.05, 0) is 39.1 Å². The lowest BCUT2D eigenvalue weighted by atomic mass is 10.1. The summed E-state index contributed by atoms with van der Waals surface area (Å²) in [5.41, 5.74) is 1.04. The molecule has 1 aromatic carbocycles. The summed E-state index contributed by atoms with van der Waals surface area (Å²) in [6.45, 7) is 3.02. The molecule has 27 heavy (non-hydrogen) atoms. The summed E-state index contributed by atoms with van der Waals surface area (Å²) in [6.07, 6.45) is 4.78. The number of halogens is 1. The van der Waals surface area contributed by atoms with Crippen LogP contribution < -0.4 is 5.56 Å². The highest BCUT2D eigenvalue weighted by Crippen LogP contribution is 2.23. The molecule has 0 radical (unpaired) electrons. The third-order valence-corrected chi connectivity index (χ3v) is 5.11. The minimum atomic E-state index is -0.160. The van der Waals surface area contributed by atoms with E-state index >= 15 is 0 Å². The summed E-state index contributed by atoms with van der Waals surface area (Å²) >= 11 is 1.49. The van der Waals surface area contributed by atoms with Gasteiger partial charge in [-0.15, -0.1) is 12.4 Å². The maximum atomic E-state index is 13.1. The van der Waals surface area contributed by atoms with Crippen LogP contribution in [-0.4, -0.2) is 46.0 Å². The molecule has 1 heterocycles. The Kier molecular flexibility index (Phi) is 10.5. The summed E-state index contributed by atoms with van der Waals surface area (Å²) < 4.78 is 1.63. The highest BCUT2D eigenvalue weighted by molar-refractivity contribution is 7.99. The van der Waals surface area contributed by atoms with E-state index in [-0.39, 0.29) is 23.8 Å². The lowest BCUT2D eigenvalue weighted by Gasteiger charge is -2.15. The molecule has 5 nitrogen and oxygen atoms in total. The Morgan fingerprint density at radius 3 is 2.48 bits per heavy atom. The smallest absolute Gasteiger partial charge is 0.265 e. The first-order valence-electron chi connectivity index (χ1n) is 9.22. The fourth-order valence-corrected chi connectivity index (χ4v) is 3.80. The van der Waals surface area contributed by atoms with Gasteiger partial charge in [-0.3, -0.25) is 9.36 Å². The van der Waals surface area contributed by atoms with Gasteiger partial charge in [0, 0.05) is 12.3 Å². The second-order valence-corrected chi connectivity index (χ2v) is 7.70. The van der Waals surface area contributed by atoms with Crippen molar-refractivity contribution in [2.24, 2.45) is 0 Å². The van der Waals surface area contributed by atoms with Crippen LogP contribution in [0.25, 0.3) is 5.69 Å². The van der Waals surface area contributed by atoms with Crippen molar-refractivity contribution in [2.75, 3.05) is 26.4 Å². The van der Waals surface area contributed by atoms with Gasteiger partial charge in [0.25, 0.3) is 5.56 Å². The first-order chi connectivity index (χ1) is 12.5. The Hall–Kier alpha value is -1.50. The first-order valence-corrected chi connectivity index (χ1v) is 10.2. The van der Waals surface area contributed by atoms with E-state index < -0.39 is 0 Å². The Morgan fingerprint density at radius 2 is 1.85 bits per heavy atom. The van der Waals surface area contributed by atoms with Crippen LogP contribution in [-0.2, 0) is 6.42 Å². The fraction of sp³-hybridized carbons (Fsp3) is 0.500. The predicted octanol–water partition coefficient (Wildman–Crippen LogP) is 4.14. The number of hydrogen-bond donors (Lipinski definition) is 1. The van der Waals surface area contributed by atoms with Crippen LogP contribution in [0.2, 0.25) is 0 Å². The van der Waals surface area contributed by atoms with Gasteiger partial charge < -0.3 is 10.0 Å². The number of benzene rings is 1.